The van der Waals surface area contributed by atoms with E-state index in [1.807, 2.05) is 35.0 Å². The quantitative estimate of drug-likeness (QED) is 0.659. The molecule has 0 aliphatic carbocycles. The Hall–Kier alpha value is -1.04. The van der Waals surface area contributed by atoms with Gasteiger partial charge < -0.3 is 0 Å². The van der Waals surface area contributed by atoms with Gasteiger partial charge in [-0.2, -0.15) is 0 Å². The standard InChI is InChI=1S/C13H12ClN3S2/c1-2-7-18-13-16-17-8-11(15-12(17)19-13)9-3-5-10(14)6-4-9/h3-6,8H,2,7H2,1H3. The molecule has 6 heteroatoms. The number of imidazole rings is 1. The molecular formula is C13H12ClN3S2. The average molecular weight is 310 g/mol. The van der Waals surface area contributed by atoms with Crippen LogP contribution in [0, 0.1) is 0 Å². The highest BCUT2D eigenvalue weighted by molar-refractivity contribution is 8.01. The van der Waals surface area contributed by atoms with Gasteiger partial charge in [-0.25, -0.2) is 9.50 Å². The monoisotopic (exact) mass is 309 g/mol. The van der Waals surface area contributed by atoms with E-state index in [1.54, 1.807) is 23.1 Å². The minimum absolute atomic E-state index is 0.737. The molecule has 0 N–H and O–H groups in total. The van der Waals surface area contributed by atoms with Crippen LogP contribution in [0.3, 0.4) is 0 Å². The Morgan fingerprint density at radius 3 is 2.79 bits per heavy atom. The summed E-state index contributed by atoms with van der Waals surface area (Å²) in [6.45, 7) is 2.17. The van der Waals surface area contributed by atoms with Gasteiger partial charge in [0, 0.05) is 16.3 Å². The Bertz CT molecular complexity index is 656. The zero-order valence-corrected chi connectivity index (χ0v) is 12.7. The maximum absolute atomic E-state index is 5.89. The van der Waals surface area contributed by atoms with Crippen LogP contribution in [0.2, 0.25) is 5.02 Å². The highest BCUT2D eigenvalue weighted by Gasteiger charge is 2.09. The average Bonchev–Trinajstić information content (AvgIpc) is 2.95. The molecule has 0 amide bonds. The summed E-state index contributed by atoms with van der Waals surface area (Å²) in [5, 5.41) is 5.26. The maximum Gasteiger partial charge on any atom is 0.213 e. The van der Waals surface area contributed by atoms with Crippen LogP contribution in [0.5, 0.6) is 0 Å². The van der Waals surface area contributed by atoms with Gasteiger partial charge in [-0.15, -0.1) is 5.10 Å². The number of thioether (sulfide) groups is 1. The summed E-state index contributed by atoms with van der Waals surface area (Å²) < 4.78 is 2.93. The van der Waals surface area contributed by atoms with Gasteiger partial charge >= 0.3 is 0 Å². The second-order valence-corrected chi connectivity index (χ2v) is 6.81. The van der Waals surface area contributed by atoms with Crippen molar-refractivity contribution in [2.45, 2.75) is 17.7 Å². The fourth-order valence-corrected chi connectivity index (χ4v) is 3.67. The van der Waals surface area contributed by atoms with E-state index in [9.17, 15) is 0 Å². The number of aromatic nitrogens is 3. The normalized spacial score (nSPS) is 11.3. The van der Waals surface area contributed by atoms with E-state index in [-0.39, 0.29) is 0 Å². The number of hydrogen-bond acceptors (Lipinski definition) is 4. The van der Waals surface area contributed by atoms with Crippen molar-refractivity contribution in [1.29, 1.82) is 0 Å². The molecule has 3 nitrogen and oxygen atoms in total. The topological polar surface area (TPSA) is 30.2 Å². The summed E-state index contributed by atoms with van der Waals surface area (Å²) in [4.78, 5) is 5.54. The lowest BCUT2D eigenvalue weighted by Gasteiger charge is -1.95. The van der Waals surface area contributed by atoms with Crippen LogP contribution in [-0.2, 0) is 0 Å². The molecule has 98 valence electrons. The van der Waals surface area contributed by atoms with E-state index in [2.05, 4.69) is 17.0 Å². The summed E-state index contributed by atoms with van der Waals surface area (Å²) in [6, 6.07) is 7.70. The van der Waals surface area contributed by atoms with E-state index in [0.29, 0.717) is 0 Å². The van der Waals surface area contributed by atoms with E-state index in [1.165, 1.54) is 0 Å². The third-order valence-electron chi connectivity index (χ3n) is 2.59. The molecule has 2 heterocycles. The zero-order valence-electron chi connectivity index (χ0n) is 10.3. The predicted molar refractivity (Wildman–Crippen MR) is 82.3 cm³/mol. The Labute approximate surface area is 124 Å². The molecule has 3 rings (SSSR count). The molecular weight excluding hydrogens is 298 g/mol. The highest BCUT2D eigenvalue weighted by atomic mass is 35.5. The van der Waals surface area contributed by atoms with Gasteiger partial charge in [0.1, 0.15) is 0 Å². The van der Waals surface area contributed by atoms with Crippen LogP contribution in [0.1, 0.15) is 13.3 Å². The van der Waals surface area contributed by atoms with E-state index in [0.717, 1.165) is 37.8 Å². The largest absolute Gasteiger partial charge is 0.217 e. The first-order valence-electron chi connectivity index (χ1n) is 6.01. The van der Waals surface area contributed by atoms with Gasteiger partial charge in [-0.1, -0.05) is 53.8 Å². The number of rotatable bonds is 4. The van der Waals surface area contributed by atoms with Crippen molar-refractivity contribution in [1.82, 2.24) is 14.6 Å². The molecule has 0 bridgehead atoms. The van der Waals surface area contributed by atoms with Gasteiger partial charge in [-0.3, -0.25) is 0 Å². The molecule has 0 unspecified atom stereocenters. The smallest absolute Gasteiger partial charge is 0.213 e. The van der Waals surface area contributed by atoms with Crippen molar-refractivity contribution < 1.29 is 0 Å². The summed E-state index contributed by atoms with van der Waals surface area (Å²) >= 11 is 9.30. The number of hydrogen-bond donors (Lipinski definition) is 0. The van der Waals surface area contributed by atoms with Crippen molar-refractivity contribution in [2.24, 2.45) is 0 Å². The molecule has 0 saturated carbocycles. The first-order chi connectivity index (χ1) is 9.26. The number of fused-ring (bicyclic) bond motifs is 1. The maximum atomic E-state index is 5.89. The summed E-state index contributed by atoms with van der Waals surface area (Å²) in [5.74, 6) is 1.10. The lowest BCUT2D eigenvalue weighted by Crippen LogP contribution is -1.81. The van der Waals surface area contributed by atoms with Crippen LogP contribution >= 0.6 is 34.7 Å². The number of nitrogens with zero attached hydrogens (tertiary/aromatic N) is 3. The minimum Gasteiger partial charge on any atom is -0.217 e. The molecule has 0 fully saturated rings. The molecule has 0 saturated heterocycles. The van der Waals surface area contributed by atoms with Crippen molar-refractivity contribution >= 4 is 39.7 Å². The fraction of sp³-hybridized carbons (Fsp3) is 0.231. The second-order valence-electron chi connectivity index (χ2n) is 4.08. The van der Waals surface area contributed by atoms with E-state index >= 15 is 0 Å². The summed E-state index contributed by atoms with van der Waals surface area (Å²) in [5.41, 5.74) is 1.99. The number of halogens is 1. The Balaban J connectivity index is 1.90. The van der Waals surface area contributed by atoms with Crippen molar-refractivity contribution in [2.75, 3.05) is 5.75 Å². The minimum atomic E-state index is 0.737. The molecule has 0 atom stereocenters. The summed E-state index contributed by atoms with van der Waals surface area (Å²) in [7, 11) is 0. The Morgan fingerprint density at radius 2 is 2.11 bits per heavy atom. The molecule has 3 aromatic rings. The first kappa shape index (κ1) is 13.0. The predicted octanol–water partition coefficient (Wildman–Crippen LogP) is 4.61. The van der Waals surface area contributed by atoms with Crippen LogP contribution in [-0.4, -0.2) is 20.4 Å². The van der Waals surface area contributed by atoms with E-state index < -0.39 is 0 Å². The lowest BCUT2D eigenvalue weighted by atomic mass is 10.2. The molecule has 2 aromatic heterocycles. The first-order valence-corrected chi connectivity index (χ1v) is 8.19. The molecule has 0 spiro atoms. The molecule has 0 aliphatic heterocycles. The van der Waals surface area contributed by atoms with Crippen LogP contribution in [0.25, 0.3) is 16.2 Å². The van der Waals surface area contributed by atoms with Crippen molar-refractivity contribution in [3.05, 3.63) is 35.5 Å². The van der Waals surface area contributed by atoms with Gasteiger partial charge in [0.05, 0.1) is 11.9 Å². The third kappa shape index (κ3) is 2.78. The molecule has 1 aromatic carbocycles. The zero-order chi connectivity index (χ0) is 13.2. The van der Waals surface area contributed by atoms with Crippen LogP contribution in [0.4, 0.5) is 0 Å². The molecule has 0 radical (unpaired) electrons. The highest BCUT2D eigenvalue weighted by Crippen LogP contribution is 2.28. The fourth-order valence-electron chi connectivity index (χ4n) is 1.69. The second kappa shape index (κ2) is 5.53. The van der Waals surface area contributed by atoms with E-state index in [4.69, 9.17) is 11.6 Å². The Morgan fingerprint density at radius 1 is 1.32 bits per heavy atom. The summed E-state index contributed by atoms with van der Waals surface area (Å²) in [6.07, 6.45) is 3.12. The van der Waals surface area contributed by atoms with Gasteiger partial charge in [-0.05, 0) is 18.6 Å². The Kier molecular flexibility index (Phi) is 3.77. The number of benzene rings is 1. The SMILES string of the molecule is CCCSc1nn2cc(-c3ccc(Cl)cc3)nc2s1. The third-order valence-corrected chi connectivity index (χ3v) is 5.11. The van der Waals surface area contributed by atoms with Crippen LogP contribution < -0.4 is 0 Å². The molecule has 0 aliphatic rings. The lowest BCUT2D eigenvalue weighted by molar-refractivity contribution is 0.914. The van der Waals surface area contributed by atoms with Gasteiger partial charge in [0.25, 0.3) is 0 Å². The van der Waals surface area contributed by atoms with Crippen LogP contribution in [0.15, 0.2) is 34.8 Å². The van der Waals surface area contributed by atoms with Crippen molar-refractivity contribution in [3.63, 3.8) is 0 Å². The molecule has 19 heavy (non-hydrogen) atoms. The van der Waals surface area contributed by atoms with Gasteiger partial charge in [0.15, 0.2) is 4.34 Å². The van der Waals surface area contributed by atoms with Gasteiger partial charge in [0.2, 0.25) is 4.96 Å². The van der Waals surface area contributed by atoms with Crippen molar-refractivity contribution in [3.8, 4) is 11.3 Å².